The van der Waals surface area contributed by atoms with Gasteiger partial charge in [-0.15, -0.1) is 0 Å². The molecule has 32 heavy (non-hydrogen) atoms. The minimum Gasteiger partial charge on any atom is -0.354 e. The number of hydrogen-bond acceptors (Lipinski definition) is 6. The van der Waals surface area contributed by atoms with E-state index in [0.29, 0.717) is 17.6 Å². The summed E-state index contributed by atoms with van der Waals surface area (Å²) >= 11 is 0. The predicted octanol–water partition coefficient (Wildman–Crippen LogP) is 2.72. The van der Waals surface area contributed by atoms with E-state index in [9.17, 15) is 4.79 Å². The number of fused-ring (bicyclic) bond motifs is 5. The number of nitrogens with one attached hydrogen (secondary N) is 1. The number of H-pyrrole nitrogens is 1. The molecule has 0 radical (unpaired) electrons. The maximum atomic E-state index is 13.6. The molecule has 2 atom stereocenters. The fourth-order valence-electron chi connectivity index (χ4n) is 5.85. The van der Waals surface area contributed by atoms with Crippen LogP contribution in [-0.2, 0) is 13.0 Å². The average molecular weight is 434 g/mol. The Kier molecular flexibility index (Phi) is 4.90. The van der Waals surface area contributed by atoms with Gasteiger partial charge in [-0.25, -0.2) is 0 Å². The quantitative estimate of drug-likeness (QED) is 0.613. The van der Waals surface area contributed by atoms with Crippen LogP contribution in [0.2, 0.25) is 0 Å². The molecule has 0 saturated carbocycles. The molecule has 0 spiro atoms. The van der Waals surface area contributed by atoms with Crippen molar-refractivity contribution in [3.8, 4) is 0 Å². The zero-order chi connectivity index (χ0) is 21.7. The molecule has 0 amide bonds. The topological polar surface area (TPSA) is 96.1 Å². The second kappa shape index (κ2) is 7.92. The standard InChI is InChI=1S/C24H31N7O/c25-19-15-17-10-14-31-23(32)20-21(27-28-22(20)29-11-4-1-5-12-29)26-24(31)30(17)13-6-8-16-7-2-3-9-18(16)19/h2-3,7,9,17,19H,1,4-6,8,10-15,25H2,(H,27,28)/t17-,19-/m0/s1. The van der Waals surface area contributed by atoms with E-state index >= 15 is 0 Å². The van der Waals surface area contributed by atoms with Crippen molar-refractivity contribution in [3.05, 3.63) is 45.7 Å². The van der Waals surface area contributed by atoms with Crippen molar-refractivity contribution in [1.82, 2.24) is 19.7 Å². The second-order valence-electron chi connectivity index (χ2n) is 9.47. The fourth-order valence-corrected chi connectivity index (χ4v) is 5.85. The maximum Gasteiger partial charge on any atom is 0.268 e. The predicted molar refractivity (Wildman–Crippen MR) is 126 cm³/mol. The number of rotatable bonds is 1. The van der Waals surface area contributed by atoms with Crippen molar-refractivity contribution >= 4 is 22.8 Å². The van der Waals surface area contributed by atoms with Gasteiger partial charge < -0.3 is 15.5 Å². The molecule has 1 aromatic carbocycles. The number of aromatic nitrogens is 4. The van der Waals surface area contributed by atoms with Crippen LogP contribution in [0.4, 0.5) is 11.8 Å². The number of benzene rings is 1. The molecule has 2 aromatic heterocycles. The van der Waals surface area contributed by atoms with Crippen LogP contribution < -0.4 is 21.1 Å². The molecule has 1 fully saturated rings. The summed E-state index contributed by atoms with van der Waals surface area (Å²) in [5, 5.41) is 8.24. The van der Waals surface area contributed by atoms with Crippen LogP contribution in [0.25, 0.3) is 11.0 Å². The Bertz CT molecular complexity index is 1190. The van der Waals surface area contributed by atoms with Gasteiger partial charge in [0, 0.05) is 38.3 Å². The Hall–Kier alpha value is -2.87. The molecule has 1 saturated heterocycles. The van der Waals surface area contributed by atoms with Crippen molar-refractivity contribution in [1.29, 1.82) is 0 Å². The zero-order valence-electron chi connectivity index (χ0n) is 18.5. The summed E-state index contributed by atoms with van der Waals surface area (Å²) in [6.07, 6.45) is 7.31. The van der Waals surface area contributed by atoms with Crippen LogP contribution >= 0.6 is 0 Å². The van der Waals surface area contributed by atoms with Gasteiger partial charge >= 0.3 is 0 Å². The molecular weight excluding hydrogens is 402 g/mol. The molecule has 3 N–H and O–H groups in total. The molecule has 8 heteroatoms. The van der Waals surface area contributed by atoms with Gasteiger partial charge in [0.25, 0.3) is 5.56 Å². The summed E-state index contributed by atoms with van der Waals surface area (Å²) in [6.45, 7) is 3.45. The lowest BCUT2D eigenvalue weighted by Gasteiger charge is -2.39. The monoisotopic (exact) mass is 433 g/mol. The molecule has 3 aliphatic heterocycles. The number of nitrogens with two attached hydrogens (primary N) is 1. The van der Waals surface area contributed by atoms with Gasteiger partial charge in [-0.2, -0.15) is 10.1 Å². The van der Waals surface area contributed by atoms with E-state index in [2.05, 4.69) is 44.3 Å². The van der Waals surface area contributed by atoms with E-state index in [1.807, 2.05) is 4.57 Å². The van der Waals surface area contributed by atoms with Gasteiger partial charge in [0.1, 0.15) is 5.39 Å². The summed E-state index contributed by atoms with van der Waals surface area (Å²) in [6, 6.07) is 8.84. The highest BCUT2D eigenvalue weighted by atomic mass is 16.1. The SMILES string of the molecule is N[C@H]1C[C@@H]2CCn3c(nc4[nH]nc(N5CCCCC5)c4c3=O)N2CCCc2ccccc21. The summed E-state index contributed by atoms with van der Waals surface area (Å²) in [5.74, 6) is 1.54. The highest BCUT2D eigenvalue weighted by molar-refractivity contribution is 5.87. The summed E-state index contributed by atoms with van der Waals surface area (Å²) in [5.41, 5.74) is 9.93. The molecule has 3 aromatic rings. The summed E-state index contributed by atoms with van der Waals surface area (Å²) < 4.78 is 1.87. The van der Waals surface area contributed by atoms with Crippen LogP contribution in [0.1, 0.15) is 55.7 Å². The summed E-state index contributed by atoms with van der Waals surface area (Å²) in [4.78, 5) is 23.1. The minimum absolute atomic E-state index is 0.00309. The Morgan fingerprint density at radius 1 is 1.03 bits per heavy atom. The van der Waals surface area contributed by atoms with Crippen LogP contribution in [0.3, 0.4) is 0 Å². The number of anilines is 2. The maximum absolute atomic E-state index is 13.6. The Morgan fingerprint density at radius 2 is 1.88 bits per heavy atom. The molecule has 168 valence electrons. The third-order valence-electron chi connectivity index (χ3n) is 7.51. The first-order valence-electron chi connectivity index (χ1n) is 12.0. The molecular formula is C24H31N7O. The largest absolute Gasteiger partial charge is 0.354 e. The van der Waals surface area contributed by atoms with E-state index in [1.165, 1.54) is 17.5 Å². The second-order valence-corrected chi connectivity index (χ2v) is 9.47. The van der Waals surface area contributed by atoms with Crippen molar-refractivity contribution in [2.24, 2.45) is 5.73 Å². The molecule has 3 aliphatic rings. The third kappa shape index (κ3) is 3.20. The van der Waals surface area contributed by atoms with Crippen molar-refractivity contribution < 1.29 is 0 Å². The minimum atomic E-state index is -0.00309. The summed E-state index contributed by atoms with van der Waals surface area (Å²) in [7, 11) is 0. The van der Waals surface area contributed by atoms with Gasteiger partial charge in [-0.1, -0.05) is 24.3 Å². The third-order valence-corrected chi connectivity index (χ3v) is 7.51. The van der Waals surface area contributed by atoms with E-state index in [1.54, 1.807) is 0 Å². The number of aryl methyl sites for hydroxylation is 1. The van der Waals surface area contributed by atoms with E-state index in [-0.39, 0.29) is 17.6 Å². The number of piperidine rings is 1. The molecule has 8 nitrogen and oxygen atoms in total. The van der Waals surface area contributed by atoms with E-state index in [0.717, 1.165) is 69.9 Å². The highest BCUT2D eigenvalue weighted by Gasteiger charge is 2.33. The lowest BCUT2D eigenvalue weighted by molar-refractivity contribution is 0.399. The molecule has 0 aliphatic carbocycles. The Labute approximate surface area is 187 Å². The molecule has 0 bridgehead atoms. The van der Waals surface area contributed by atoms with Crippen molar-refractivity contribution in [3.63, 3.8) is 0 Å². The van der Waals surface area contributed by atoms with E-state index < -0.39 is 0 Å². The first-order chi connectivity index (χ1) is 15.7. The van der Waals surface area contributed by atoms with Gasteiger partial charge in [0.2, 0.25) is 5.95 Å². The smallest absolute Gasteiger partial charge is 0.268 e. The normalized spacial score (nSPS) is 23.7. The van der Waals surface area contributed by atoms with Gasteiger partial charge in [-0.05, 0) is 56.1 Å². The van der Waals surface area contributed by atoms with Gasteiger partial charge in [0.05, 0.1) is 0 Å². The fraction of sp³-hybridized carbons (Fsp3) is 0.542. The lowest BCUT2D eigenvalue weighted by atomic mass is 9.93. The Morgan fingerprint density at radius 3 is 2.75 bits per heavy atom. The molecule has 0 unspecified atom stereocenters. The van der Waals surface area contributed by atoms with Crippen LogP contribution in [0.5, 0.6) is 0 Å². The average Bonchev–Trinajstić information content (AvgIpc) is 3.27. The molecule has 6 rings (SSSR count). The number of nitrogens with zero attached hydrogens (tertiary/aromatic N) is 5. The van der Waals surface area contributed by atoms with E-state index in [4.69, 9.17) is 10.7 Å². The van der Waals surface area contributed by atoms with Crippen molar-refractivity contribution in [2.75, 3.05) is 29.4 Å². The van der Waals surface area contributed by atoms with Crippen LogP contribution in [0, 0.1) is 0 Å². The first kappa shape index (κ1) is 19.8. The number of hydrogen-bond donors (Lipinski definition) is 2. The number of aromatic amines is 1. The van der Waals surface area contributed by atoms with Crippen LogP contribution in [0.15, 0.2) is 29.1 Å². The molecule has 5 heterocycles. The Balaban J connectivity index is 1.39. The van der Waals surface area contributed by atoms with Crippen LogP contribution in [-0.4, -0.2) is 45.4 Å². The first-order valence-corrected chi connectivity index (χ1v) is 12.0. The zero-order valence-corrected chi connectivity index (χ0v) is 18.5. The highest BCUT2D eigenvalue weighted by Crippen LogP contribution is 2.33. The lowest BCUT2D eigenvalue weighted by Crippen LogP contribution is -2.47. The van der Waals surface area contributed by atoms with Gasteiger partial charge in [-0.3, -0.25) is 14.5 Å². The van der Waals surface area contributed by atoms with Crippen molar-refractivity contribution in [2.45, 2.75) is 63.6 Å². The van der Waals surface area contributed by atoms with Gasteiger partial charge in [0.15, 0.2) is 11.5 Å².